The van der Waals surface area contributed by atoms with Crippen LogP contribution in [0.5, 0.6) is 17.2 Å². The van der Waals surface area contributed by atoms with Gasteiger partial charge in [-0.25, -0.2) is 9.89 Å². The van der Waals surface area contributed by atoms with Gasteiger partial charge in [-0.15, -0.1) is 5.10 Å². The second kappa shape index (κ2) is 8.26. The lowest BCUT2D eigenvalue weighted by Gasteiger charge is -2.10. The Morgan fingerprint density at radius 3 is 2.54 bits per heavy atom. The maximum Gasteiger partial charge on any atom is 0.341 e. The highest BCUT2D eigenvalue weighted by molar-refractivity contribution is 7.99. The van der Waals surface area contributed by atoms with Gasteiger partial charge in [0.05, 0.1) is 12.9 Å². The number of anilines is 1. The first-order chi connectivity index (χ1) is 12.6. The van der Waals surface area contributed by atoms with Gasteiger partial charge in [0.2, 0.25) is 5.91 Å². The van der Waals surface area contributed by atoms with E-state index in [4.69, 9.17) is 9.47 Å². The average molecular weight is 372 g/mol. The van der Waals surface area contributed by atoms with Crippen LogP contribution in [0.3, 0.4) is 0 Å². The molecular formula is C17H16N4O4S. The Hall–Kier alpha value is -3.20. The van der Waals surface area contributed by atoms with Crippen LogP contribution >= 0.6 is 11.8 Å². The van der Waals surface area contributed by atoms with E-state index in [1.54, 1.807) is 31.4 Å². The maximum atomic E-state index is 11.9. The normalized spacial score (nSPS) is 10.3. The van der Waals surface area contributed by atoms with Crippen LogP contribution in [-0.4, -0.2) is 34.0 Å². The zero-order valence-corrected chi connectivity index (χ0v) is 14.6. The van der Waals surface area contributed by atoms with Crippen molar-refractivity contribution in [2.24, 2.45) is 0 Å². The molecule has 9 heteroatoms. The molecule has 0 saturated carbocycles. The molecule has 3 aromatic rings. The van der Waals surface area contributed by atoms with Gasteiger partial charge in [-0.3, -0.25) is 9.78 Å². The molecular weight excluding hydrogens is 356 g/mol. The number of hydrogen-bond acceptors (Lipinski definition) is 6. The third kappa shape index (κ3) is 4.67. The number of para-hydroxylation sites is 2. The average Bonchev–Trinajstić information content (AvgIpc) is 3.07. The van der Waals surface area contributed by atoms with Gasteiger partial charge < -0.3 is 14.8 Å². The first-order valence-corrected chi connectivity index (χ1v) is 8.61. The van der Waals surface area contributed by atoms with Crippen molar-refractivity contribution in [2.75, 3.05) is 18.2 Å². The van der Waals surface area contributed by atoms with Gasteiger partial charge in [0.15, 0.2) is 16.7 Å². The van der Waals surface area contributed by atoms with Gasteiger partial charge in [0.25, 0.3) is 0 Å². The standard InChI is InChI=1S/C17H16N4O4S/c1-24-13-4-2-3-5-14(13)25-12-8-6-11(7-9-12)18-15(22)10-26-17-19-16(23)20-21-17/h2-9H,10H2,1H3,(H,18,22)(H2,19,20,21,23). The summed E-state index contributed by atoms with van der Waals surface area (Å²) in [6.45, 7) is 0. The van der Waals surface area contributed by atoms with E-state index in [0.717, 1.165) is 11.8 Å². The molecule has 3 rings (SSSR count). The number of amides is 1. The van der Waals surface area contributed by atoms with Crippen LogP contribution in [-0.2, 0) is 4.79 Å². The fourth-order valence-electron chi connectivity index (χ4n) is 2.09. The molecule has 1 amide bonds. The molecule has 0 aliphatic rings. The molecule has 0 fully saturated rings. The molecule has 0 aliphatic heterocycles. The van der Waals surface area contributed by atoms with Gasteiger partial charge in [0, 0.05) is 5.69 Å². The van der Waals surface area contributed by atoms with E-state index in [1.165, 1.54) is 0 Å². The second-order valence-electron chi connectivity index (χ2n) is 5.10. The lowest BCUT2D eigenvalue weighted by atomic mass is 10.3. The number of ether oxygens (including phenoxy) is 2. The number of hydrogen-bond donors (Lipinski definition) is 3. The first kappa shape index (κ1) is 17.6. The summed E-state index contributed by atoms with van der Waals surface area (Å²) in [7, 11) is 1.58. The van der Waals surface area contributed by atoms with Crippen LogP contribution in [0, 0.1) is 0 Å². The van der Waals surface area contributed by atoms with E-state index in [2.05, 4.69) is 20.5 Å². The van der Waals surface area contributed by atoms with Gasteiger partial charge in [0.1, 0.15) is 5.75 Å². The van der Waals surface area contributed by atoms with Crippen molar-refractivity contribution in [3.8, 4) is 17.2 Å². The molecule has 0 aliphatic carbocycles. The summed E-state index contributed by atoms with van der Waals surface area (Å²) >= 11 is 1.13. The van der Waals surface area contributed by atoms with E-state index in [-0.39, 0.29) is 11.7 Å². The highest BCUT2D eigenvalue weighted by atomic mass is 32.2. The van der Waals surface area contributed by atoms with Crippen LogP contribution in [0.4, 0.5) is 5.69 Å². The summed E-state index contributed by atoms with van der Waals surface area (Å²) in [5.41, 5.74) is 0.233. The number of nitrogens with zero attached hydrogens (tertiary/aromatic N) is 1. The van der Waals surface area contributed by atoms with Gasteiger partial charge in [-0.05, 0) is 36.4 Å². The number of nitrogens with one attached hydrogen (secondary N) is 3. The quantitative estimate of drug-likeness (QED) is 0.550. The van der Waals surface area contributed by atoms with Crippen molar-refractivity contribution < 1.29 is 14.3 Å². The third-order valence-electron chi connectivity index (χ3n) is 3.25. The van der Waals surface area contributed by atoms with Crippen molar-refractivity contribution in [3.63, 3.8) is 0 Å². The minimum Gasteiger partial charge on any atom is -0.493 e. The predicted octanol–water partition coefficient (Wildman–Crippen LogP) is 2.63. The summed E-state index contributed by atoms with van der Waals surface area (Å²) < 4.78 is 11.0. The third-order valence-corrected chi connectivity index (χ3v) is 4.13. The Labute approximate surface area is 152 Å². The smallest absolute Gasteiger partial charge is 0.341 e. The van der Waals surface area contributed by atoms with E-state index in [0.29, 0.717) is 28.1 Å². The number of carbonyl (C=O) groups is 1. The lowest BCUT2D eigenvalue weighted by molar-refractivity contribution is -0.113. The van der Waals surface area contributed by atoms with Crippen molar-refractivity contribution in [1.82, 2.24) is 15.2 Å². The zero-order chi connectivity index (χ0) is 18.4. The highest BCUT2D eigenvalue weighted by Crippen LogP contribution is 2.31. The van der Waals surface area contributed by atoms with Gasteiger partial charge >= 0.3 is 5.69 Å². The topological polar surface area (TPSA) is 109 Å². The van der Waals surface area contributed by atoms with Crippen LogP contribution in [0.15, 0.2) is 58.5 Å². The van der Waals surface area contributed by atoms with E-state index < -0.39 is 5.69 Å². The Morgan fingerprint density at radius 2 is 1.88 bits per heavy atom. The minimum absolute atomic E-state index is 0.125. The zero-order valence-electron chi connectivity index (χ0n) is 13.8. The number of thioether (sulfide) groups is 1. The molecule has 8 nitrogen and oxygen atoms in total. The Kier molecular flexibility index (Phi) is 5.59. The largest absolute Gasteiger partial charge is 0.493 e. The van der Waals surface area contributed by atoms with Crippen molar-refractivity contribution in [2.45, 2.75) is 5.16 Å². The number of rotatable bonds is 7. The molecule has 1 heterocycles. The van der Waals surface area contributed by atoms with Crippen LogP contribution in [0.1, 0.15) is 0 Å². The molecule has 0 bridgehead atoms. The molecule has 26 heavy (non-hydrogen) atoms. The Bertz CT molecular complexity index is 936. The Balaban J connectivity index is 1.55. The summed E-state index contributed by atoms with van der Waals surface area (Å²) in [5, 5.41) is 9.09. The SMILES string of the molecule is COc1ccccc1Oc1ccc(NC(=O)CSc2n[nH]c(=O)[nH]2)cc1. The van der Waals surface area contributed by atoms with E-state index in [1.807, 2.05) is 24.3 Å². The van der Waals surface area contributed by atoms with E-state index >= 15 is 0 Å². The summed E-state index contributed by atoms with van der Waals surface area (Å²) in [5.74, 6) is 1.78. The summed E-state index contributed by atoms with van der Waals surface area (Å²) in [4.78, 5) is 25.3. The van der Waals surface area contributed by atoms with Crippen molar-refractivity contribution in [3.05, 3.63) is 59.0 Å². The minimum atomic E-state index is -0.404. The Morgan fingerprint density at radius 1 is 1.15 bits per heavy atom. The number of methoxy groups -OCH3 is 1. The van der Waals surface area contributed by atoms with Crippen LogP contribution in [0.25, 0.3) is 0 Å². The predicted molar refractivity (Wildman–Crippen MR) is 98.1 cm³/mol. The first-order valence-electron chi connectivity index (χ1n) is 7.62. The number of carbonyl (C=O) groups excluding carboxylic acids is 1. The fraction of sp³-hybridized carbons (Fsp3) is 0.118. The molecule has 1 aromatic heterocycles. The number of aromatic amines is 2. The van der Waals surface area contributed by atoms with Crippen molar-refractivity contribution in [1.29, 1.82) is 0 Å². The molecule has 0 saturated heterocycles. The van der Waals surface area contributed by atoms with Crippen LogP contribution in [0.2, 0.25) is 0 Å². The molecule has 0 atom stereocenters. The van der Waals surface area contributed by atoms with Gasteiger partial charge in [-0.2, -0.15) is 0 Å². The molecule has 3 N–H and O–H groups in total. The second-order valence-corrected chi connectivity index (χ2v) is 6.06. The number of benzene rings is 2. The van der Waals surface area contributed by atoms with Crippen LogP contribution < -0.4 is 20.5 Å². The number of aromatic nitrogens is 3. The van der Waals surface area contributed by atoms with Crippen molar-refractivity contribution >= 4 is 23.4 Å². The molecule has 2 aromatic carbocycles. The molecule has 0 unspecified atom stereocenters. The van der Waals surface area contributed by atoms with Gasteiger partial charge in [-0.1, -0.05) is 23.9 Å². The number of H-pyrrole nitrogens is 2. The highest BCUT2D eigenvalue weighted by Gasteiger charge is 2.07. The molecule has 0 radical (unpaired) electrons. The van der Waals surface area contributed by atoms with E-state index in [9.17, 15) is 9.59 Å². The summed E-state index contributed by atoms with van der Waals surface area (Å²) in [6.07, 6.45) is 0. The fourth-order valence-corrected chi connectivity index (χ4v) is 2.71. The lowest BCUT2D eigenvalue weighted by Crippen LogP contribution is -2.14. The maximum absolute atomic E-state index is 11.9. The monoisotopic (exact) mass is 372 g/mol. The summed E-state index contributed by atoms with van der Waals surface area (Å²) in [6, 6.07) is 14.3. The molecule has 0 spiro atoms. The molecule has 134 valence electrons.